The number of sulfonamides is 1. The van der Waals surface area contributed by atoms with Crippen molar-refractivity contribution >= 4 is 50.6 Å². The van der Waals surface area contributed by atoms with Crippen molar-refractivity contribution in [3.63, 3.8) is 0 Å². The highest BCUT2D eigenvalue weighted by atomic mass is 32.2. The smallest absolute Gasteiger partial charge is 0.408 e. The molecule has 16 nitrogen and oxygen atoms in total. The molecular weight excluding hydrogens is 743 g/mol. The van der Waals surface area contributed by atoms with Crippen molar-refractivity contribution in [3.8, 4) is 5.88 Å². The van der Waals surface area contributed by atoms with Gasteiger partial charge in [-0.25, -0.2) is 23.0 Å². The molecule has 2 aromatic rings. The van der Waals surface area contributed by atoms with Gasteiger partial charge in [0.05, 0.1) is 18.3 Å². The molecule has 0 bridgehead atoms. The number of hydrogen-bond acceptors (Lipinski definition) is 10. The number of alkyl carbamates (subject to hydrolysis) is 1. The summed E-state index contributed by atoms with van der Waals surface area (Å²) in [7, 11) is -3.94. The van der Waals surface area contributed by atoms with Gasteiger partial charge < -0.3 is 35.2 Å². The minimum atomic E-state index is -3.94. The SMILES string of the molecule is CC(C)(C)NC(=O)N1CCCC=C[C@@H]2C[C@@]2(C(=O)NS(=O)(=O)C2CC2)NC(=O)[C@@H]2C[C@@H](Oc3nccc4ccccc34)CN2C(=O)[C@@H](NC(=O)OC(C)(C)C)C1. The third kappa shape index (κ3) is 9.71. The maximum Gasteiger partial charge on any atom is 0.408 e. The molecule has 0 radical (unpaired) electrons. The van der Waals surface area contributed by atoms with Crippen LogP contribution in [0.15, 0.2) is 48.7 Å². The van der Waals surface area contributed by atoms with Crippen molar-refractivity contribution in [3.05, 3.63) is 48.7 Å². The zero-order chi connectivity index (χ0) is 40.6. The van der Waals surface area contributed by atoms with Crippen LogP contribution in [0.1, 0.15) is 80.1 Å². The van der Waals surface area contributed by atoms with Crippen LogP contribution in [0.4, 0.5) is 9.59 Å². The molecule has 5 atom stereocenters. The number of aromatic nitrogens is 1. The summed E-state index contributed by atoms with van der Waals surface area (Å²) in [5.41, 5.74) is -3.10. The van der Waals surface area contributed by atoms with Gasteiger partial charge in [0, 0.05) is 36.0 Å². The molecule has 1 saturated heterocycles. The van der Waals surface area contributed by atoms with Gasteiger partial charge >= 0.3 is 12.1 Å². The molecule has 1 aromatic heterocycles. The number of pyridine rings is 1. The van der Waals surface area contributed by atoms with Gasteiger partial charge in [0.25, 0.3) is 5.91 Å². The van der Waals surface area contributed by atoms with E-state index in [-0.39, 0.29) is 32.5 Å². The Bertz CT molecular complexity index is 2000. The van der Waals surface area contributed by atoms with Crippen molar-refractivity contribution in [2.24, 2.45) is 5.92 Å². The molecule has 4 aliphatic rings. The second-order valence-electron chi connectivity index (χ2n) is 17.2. The van der Waals surface area contributed by atoms with E-state index in [1.807, 2.05) is 57.2 Å². The van der Waals surface area contributed by atoms with Crippen molar-refractivity contribution in [1.29, 1.82) is 0 Å². The van der Waals surface area contributed by atoms with Crippen molar-refractivity contribution in [1.82, 2.24) is 35.5 Å². The van der Waals surface area contributed by atoms with Crippen LogP contribution < -0.4 is 25.4 Å². The minimum absolute atomic E-state index is 0.0194. The third-order valence-corrected chi connectivity index (χ3v) is 11.9. The normalized spacial score (nSPS) is 26.2. The fourth-order valence-corrected chi connectivity index (χ4v) is 8.44. The van der Waals surface area contributed by atoms with Crippen LogP contribution in [0.2, 0.25) is 0 Å². The van der Waals surface area contributed by atoms with E-state index in [0.29, 0.717) is 31.6 Å². The lowest BCUT2D eigenvalue weighted by Crippen LogP contribution is -2.61. The van der Waals surface area contributed by atoms with E-state index >= 15 is 0 Å². The number of urea groups is 1. The van der Waals surface area contributed by atoms with Gasteiger partial charge in [0.15, 0.2) is 0 Å². The molecule has 2 aliphatic heterocycles. The summed E-state index contributed by atoms with van der Waals surface area (Å²) in [6.07, 6.45) is 5.50. The number of ether oxygens (including phenoxy) is 2. The highest BCUT2D eigenvalue weighted by molar-refractivity contribution is 7.91. The number of hydrogen-bond donors (Lipinski definition) is 4. The number of allylic oxidation sites excluding steroid dienone is 1. The van der Waals surface area contributed by atoms with Gasteiger partial charge in [0.2, 0.25) is 27.7 Å². The average Bonchev–Trinajstić information content (AvgIpc) is 4.02. The number of rotatable bonds is 6. The first-order valence-corrected chi connectivity index (χ1v) is 20.7. The lowest BCUT2D eigenvalue weighted by atomic mass is 10.1. The van der Waals surface area contributed by atoms with E-state index in [1.165, 1.54) is 9.80 Å². The second kappa shape index (κ2) is 15.5. The van der Waals surface area contributed by atoms with Gasteiger partial charge in [0.1, 0.15) is 29.3 Å². The number of nitrogens with zero attached hydrogens (tertiary/aromatic N) is 3. The molecule has 304 valence electrons. The number of fused-ring (bicyclic) bond motifs is 3. The highest BCUT2D eigenvalue weighted by Gasteiger charge is 2.62. The van der Waals surface area contributed by atoms with Crippen LogP contribution in [0.25, 0.3) is 10.8 Å². The van der Waals surface area contributed by atoms with Crippen LogP contribution >= 0.6 is 0 Å². The average molecular weight is 796 g/mol. The van der Waals surface area contributed by atoms with Gasteiger partial charge in [-0.05, 0) is 91.2 Å². The van der Waals surface area contributed by atoms with Crippen LogP contribution in [0.5, 0.6) is 5.88 Å². The topological polar surface area (TPSA) is 205 Å². The van der Waals surface area contributed by atoms with Gasteiger partial charge in [-0.3, -0.25) is 19.1 Å². The molecule has 3 heterocycles. The Kier molecular flexibility index (Phi) is 11.3. The second-order valence-corrected chi connectivity index (χ2v) is 19.1. The first-order valence-electron chi connectivity index (χ1n) is 19.2. The Balaban J connectivity index is 1.37. The molecule has 6 rings (SSSR count). The van der Waals surface area contributed by atoms with Gasteiger partial charge in [-0.2, -0.15) is 0 Å². The van der Waals surface area contributed by atoms with Crippen molar-refractivity contribution in [2.45, 2.75) is 120 Å². The number of carbonyl (C=O) groups excluding carboxylic acids is 5. The fourth-order valence-electron chi connectivity index (χ4n) is 7.08. The monoisotopic (exact) mass is 795 g/mol. The molecular formula is C39H53N7O9S. The standard InChI is InChI=1S/C39H53N7O9S/c1-37(2,3)43-35(50)45-19-11-7-8-13-25-21-39(25,34(49)44-56(52,53)27-15-16-27)42-31(47)30-20-26(54-32-28-14-10-9-12-24(28)17-18-40-32)22-46(30)33(48)29(23-45)41-36(51)55-38(4,5)6/h8-10,12-14,17-18,25-27,29-30H,7,11,15-16,19-23H2,1-6H3,(H,41,51)(H,42,47)(H,43,50)(H,44,49)/t25-,26-,29+,30+,39-/m1/s1. The zero-order valence-corrected chi connectivity index (χ0v) is 33.6. The predicted octanol–water partition coefficient (Wildman–Crippen LogP) is 3.12. The van der Waals surface area contributed by atoms with Crippen LogP contribution in [-0.2, 0) is 29.1 Å². The zero-order valence-electron chi connectivity index (χ0n) is 32.8. The molecule has 6 amide bonds. The minimum Gasteiger partial charge on any atom is -0.472 e. The summed E-state index contributed by atoms with van der Waals surface area (Å²) in [5, 5.41) is 9.38. The molecule has 0 spiro atoms. The van der Waals surface area contributed by atoms with E-state index in [2.05, 4.69) is 25.7 Å². The van der Waals surface area contributed by atoms with Crippen molar-refractivity contribution in [2.75, 3.05) is 19.6 Å². The fraction of sp³-hybridized carbons (Fsp3) is 0.590. The molecule has 56 heavy (non-hydrogen) atoms. The summed E-state index contributed by atoms with van der Waals surface area (Å²) in [6.45, 7) is 10.4. The van der Waals surface area contributed by atoms with Crippen LogP contribution in [-0.4, -0.2) is 113 Å². The molecule has 0 unspecified atom stereocenters. The Morgan fingerprint density at radius 1 is 1.02 bits per heavy atom. The van der Waals surface area contributed by atoms with E-state index in [9.17, 15) is 32.4 Å². The maximum atomic E-state index is 14.8. The maximum absolute atomic E-state index is 14.8. The molecule has 3 fully saturated rings. The molecule has 2 saturated carbocycles. The first kappa shape index (κ1) is 40.7. The number of amides is 6. The number of benzene rings is 1. The van der Waals surface area contributed by atoms with E-state index in [4.69, 9.17) is 9.47 Å². The Morgan fingerprint density at radius 3 is 2.45 bits per heavy atom. The number of nitrogens with one attached hydrogen (secondary N) is 4. The molecule has 4 N–H and O–H groups in total. The van der Waals surface area contributed by atoms with Gasteiger partial charge in [-0.15, -0.1) is 0 Å². The van der Waals surface area contributed by atoms with E-state index < -0.39 is 85.9 Å². The summed E-state index contributed by atoms with van der Waals surface area (Å²) in [4.78, 5) is 77.2. The lowest BCUT2D eigenvalue weighted by Gasteiger charge is -2.34. The summed E-state index contributed by atoms with van der Waals surface area (Å²) in [5.74, 6) is -2.44. The Hall–Kier alpha value is -4.93. The van der Waals surface area contributed by atoms with E-state index in [0.717, 1.165) is 10.8 Å². The first-order chi connectivity index (χ1) is 26.2. The van der Waals surface area contributed by atoms with Crippen LogP contribution in [0, 0.1) is 5.92 Å². The molecule has 17 heteroatoms. The Labute approximate surface area is 327 Å². The molecule has 1 aromatic carbocycles. The largest absolute Gasteiger partial charge is 0.472 e. The van der Waals surface area contributed by atoms with Crippen molar-refractivity contribution < 1.29 is 41.9 Å². The molecule has 2 aliphatic carbocycles. The highest BCUT2D eigenvalue weighted by Crippen LogP contribution is 2.46. The summed E-state index contributed by atoms with van der Waals surface area (Å²) >= 11 is 0. The Morgan fingerprint density at radius 2 is 1.75 bits per heavy atom. The van der Waals surface area contributed by atoms with E-state index in [1.54, 1.807) is 33.0 Å². The summed E-state index contributed by atoms with van der Waals surface area (Å²) in [6, 6.07) is 6.27. The quantitative estimate of drug-likeness (QED) is 0.315. The number of carbonyl (C=O) groups is 5. The van der Waals surface area contributed by atoms with Crippen LogP contribution in [0.3, 0.4) is 0 Å². The lowest BCUT2D eigenvalue weighted by molar-refractivity contribution is -0.141. The summed E-state index contributed by atoms with van der Waals surface area (Å²) < 4.78 is 39.9. The van der Waals surface area contributed by atoms with Gasteiger partial charge in [-0.1, -0.05) is 30.4 Å². The third-order valence-electron chi connectivity index (χ3n) is 10.1. The predicted molar refractivity (Wildman–Crippen MR) is 207 cm³/mol.